The van der Waals surface area contributed by atoms with Gasteiger partial charge >= 0.3 is 0 Å². The van der Waals surface area contributed by atoms with Crippen LogP contribution in [0, 0.1) is 11.6 Å². The third-order valence-corrected chi connectivity index (χ3v) is 3.95. The fourth-order valence-corrected chi connectivity index (χ4v) is 2.66. The SMILES string of the molecule is CC(NC(=O)c1cc(F)c(F)cc1Cl)C(=O)N1CCCCC1. The van der Waals surface area contributed by atoms with E-state index in [1.165, 1.54) is 0 Å². The highest BCUT2D eigenvalue weighted by Gasteiger charge is 2.25. The summed E-state index contributed by atoms with van der Waals surface area (Å²) < 4.78 is 26.2. The number of rotatable bonds is 3. The molecule has 4 nitrogen and oxygen atoms in total. The van der Waals surface area contributed by atoms with Crippen molar-refractivity contribution >= 4 is 23.4 Å². The Hall–Kier alpha value is -1.69. The molecule has 1 N–H and O–H groups in total. The molecule has 0 saturated carbocycles. The quantitative estimate of drug-likeness (QED) is 0.866. The smallest absolute Gasteiger partial charge is 0.253 e. The summed E-state index contributed by atoms with van der Waals surface area (Å²) in [4.78, 5) is 26.0. The van der Waals surface area contributed by atoms with E-state index in [1.54, 1.807) is 11.8 Å². The zero-order valence-electron chi connectivity index (χ0n) is 12.2. The molecule has 1 fully saturated rings. The summed E-state index contributed by atoms with van der Waals surface area (Å²) in [5.41, 5.74) is -0.195. The molecule has 1 atom stereocenters. The van der Waals surface area contributed by atoms with E-state index in [0.717, 1.165) is 31.4 Å². The molecule has 0 radical (unpaired) electrons. The minimum atomic E-state index is -1.16. The lowest BCUT2D eigenvalue weighted by Gasteiger charge is -2.29. The number of hydrogen-bond donors (Lipinski definition) is 1. The first-order valence-electron chi connectivity index (χ1n) is 7.14. The minimum Gasteiger partial charge on any atom is -0.341 e. The van der Waals surface area contributed by atoms with Gasteiger partial charge in [0.15, 0.2) is 11.6 Å². The van der Waals surface area contributed by atoms with Gasteiger partial charge in [-0.1, -0.05) is 11.6 Å². The molecule has 120 valence electrons. The Kier molecular flexibility index (Phi) is 5.34. The van der Waals surface area contributed by atoms with Crippen molar-refractivity contribution in [3.63, 3.8) is 0 Å². The summed E-state index contributed by atoms with van der Waals surface area (Å²) in [7, 11) is 0. The standard InChI is InChI=1S/C15H17ClF2N2O2/c1-9(15(22)20-5-3-2-4-6-20)19-14(21)10-7-12(17)13(18)8-11(10)16/h7-9H,2-6H2,1H3,(H,19,21). The summed E-state index contributed by atoms with van der Waals surface area (Å²) in [6.45, 7) is 2.90. The minimum absolute atomic E-state index is 0.188. The van der Waals surface area contributed by atoms with E-state index in [9.17, 15) is 18.4 Å². The molecule has 2 rings (SSSR count). The summed E-state index contributed by atoms with van der Waals surface area (Å²) in [5, 5.41) is 2.28. The number of nitrogens with one attached hydrogen (secondary N) is 1. The van der Waals surface area contributed by atoms with Crippen molar-refractivity contribution in [2.75, 3.05) is 13.1 Å². The van der Waals surface area contributed by atoms with E-state index in [0.29, 0.717) is 13.1 Å². The maximum atomic E-state index is 13.2. The predicted octanol–water partition coefficient (Wildman–Crippen LogP) is 2.75. The number of hydrogen-bond acceptors (Lipinski definition) is 2. The van der Waals surface area contributed by atoms with E-state index >= 15 is 0 Å². The van der Waals surface area contributed by atoms with Gasteiger partial charge in [0, 0.05) is 13.1 Å². The molecule has 0 aromatic heterocycles. The summed E-state index contributed by atoms with van der Waals surface area (Å²) >= 11 is 5.75. The molecule has 7 heteroatoms. The predicted molar refractivity (Wildman–Crippen MR) is 78.7 cm³/mol. The molecule has 1 aromatic carbocycles. The molecule has 1 aromatic rings. The van der Waals surface area contributed by atoms with Gasteiger partial charge in [-0.3, -0.25) is 9.59 Å². The number of halogens is 3. The Morgan fingerprint density at radius 1 is 1.18 bits per heavy atom. The highest BCUT2D eigenvalue weighted by Crippen LogP contribution is 2.20. The molecule has 22 heavy (non-hydrogen) atoms. The zero-order chi connectivity index (χ0) is 16.3. The van der Waals surface area contributed by atoms with Crippen LogP contribution < -0.4 is 5.32 Å². The van der Waals surface area contributed by atoms with Crippen molar-refractivity contribution in [1.82, 2.24) is 10.2 Å². The number of likely N-dealkylation sites (tertiary alicyclic amines) is 1. The van der Waals surface area contributed by atoms with Crippen LogP contribution in [-0.2, 0) is 4.79 Å². The molecule has 1 unspecified atom stereocenters. The summed E-state index contributed by atoms with van der Waals surface area (Å²) in [5.74, 6) is -3.18. The van der Waals surface area contributed by atoms with E-state index in [-0.39, 0.29) is 16.5 Å². The highest BCUT2D eigenvalue weighted by molar-refractivity contribution is 6.33. The van der Waals surface area contributed by atoms with E-state index in [1.807, 2.05) is 0 Å². The number of carbonyl (C=O) groups is 2. The van der Waals surface area contributed by atoms with Crippen molar-refractivity contribution in [1.29, 1.82) is 0 Å². The molecule has 1 heterocycles. The first-order valence-corrected chi connectivity index (χ1v) is 7.52. The molecule has 1 aliphatic heterocycles. The molecule has 1 saturated heterocycles. The average molecular weight is 331 g/mol. The summed E-state index contributed by atoms with van der Waals surface area (Å²) in [6.07, 6.45) is 2.98. The van der Waals surface area contributed by atoms with E-state index in [4.69, 9.17) is 11.6 Å². The number of amides is 2. The Morgan fingerprint density at radius 3 is 2.41 bits per heavy atom. The van der Waals surface area contributed by atoms with Gasteiger partial charge in [0.05, 0.1) is 10.6 Å². The fourth-order valence-electron chi connectivity index (χ4n) is 2.42. The lowest BCUT2D eigenvalue weighted by Crippen LogP contribution is -2.48. The Balaban J connectivity index is 2.04. The van der Waals surface area contributed by atoms with E-state index in [2.05, 4.69) is 5.32 Å². The maximum absolute atomic E-state index is 13.2. The van der Waals surface area contributed by atoms with Gasteiger partial charge in [0.25, 0.3) is 5.91 Å². The molecule has 1 aliphatic rings. The van der Waals surface area contributed by atoms with Crippen LogP contribution >= 0.6 is 11.6 Å². The van der Waals surface area contributed by atoms with Crippen LogP contribution in [-0.4, -0.2) is 35.8 Å². The van der Waals surface area contributed by atoms with E-state index < -0.39 is 23.6 Å². The van der Waals surface area contributed by atoms with Crippen LogP contribution in [0.5, 0.6) is 0 Å². The number of piperidine rings is 1. The third-order valence-electron chi connectivity index (χ3n) is 3.64. The van der Waals surface area contributed by atoms with Crippen molar-refractivity contribution in [2.45, 2.75) is 32.2 Å². The van der Waals surface area contributed by atoms with Gasteiger partial charge in [-0.25, -0.2) is 8.78 Å². The van der Waals surface area contributed by atoms with Crippen molar-refractivity contribution in [3.8, 4) is 0 Å². The number of nitrogens with zero attached hydrogens (tertiary/aromatic N) is 1. The fraction of sp³-hybridized carbons (Fsp3) is 0.467. The highest BCUT2D eigenvalue weighted by atomic mass is 35.5. The van der Waals surface area contributed by atoms with Gasteiger partial charge in [0.2, 0.25) is 5.91 Å². The second kappa shape index (κ2) is 7.05. The molecule has 0 bridgehead atoms. The molecule has 0 aliphatic carbocycles. The van der Waals surface area contributed by atoms with Crippen LogP contribution in [0.2, 0.25) is 5.02 Å². The van der Waals surface area contributed by atoms with Crippen LogP contribution in [0.1, 0.15) is 36.5 Å². The first kappa shape index (κ1) is 16.7. The van der Waals surface area contributed by atoms with Crippen LogP contribution in [0.4, 0.5) is 8.78 Å². The zero-order valence-corrected chi connectivity index (χ0v) is 12.9. The monoisotopic (exact) mass is 330 g/mol. The first-order chi connectivity index (χ1) is 10.4. The molecule has 0 spiro atoms. The Bertz CT molecular complexity index is 589. The summed E-state index contributed by atoms with van der Waals surface area (Å²) in [6, 6.07) is 0.711. The number of benzene rings is 1. The van der Waals surface area contributed by atoms with Gasteiger partial charge in [-0.05, 0) is 38.3 Å². The van der Waals surface area contributed by atoms with Crippen molar-refractivity contribution in [3.05, 3.63) is 34.4 Å². The normalized spacial score (nSPS) is 16.3. The van der Waals surface area contributed by atoms with Gasteiger partial charge in [0.1, 0.15) is 6.04 Å². The maximum Gasteiger partial charge on any atom is 0.253 e. The molecule has 2 amide bonds. The van der Waals surface area contributed by atoms with Gasteiger partial charge in [-0.15, -0.1) is 0 Å². The lowest BCUT2D eigenvalue weighted by atomic mass is 10.1. The van der Waals surface area contributed by atoms with Gasteiger partial charge < -0.3 is 10.2 Å². The van der Waals surface area contributed by atoms with Crippen molar-refractivity contribution in [2.24, 2.45) is 0 Å². The Morgan fingerprint density at radius 2 is 1.77 bits per heavy atom. The largest absolute Gasteiger partial charge is 0.341 e. The van der Waals surface area contributed by atoms with Crippen LogP contribution in [0.25, 0.3) is 0 Å². The lowest BCUT2D eigenvalue weighted by molar-refractivity contribution is -0.133. The second-order valence-corrected chi connectivity index (χ2v) is 5.73. The third kappa shape index (κ3) is 3.74. The van der Waals surface area contributed by atoms with Gasteiger partial charge in [-0.2, -0.15) is 0 Å². The molecular weight excluding hydrogens is 314 g/mol. The molecular formula is C15H17ClF2N2O2. The average Bonchev–Trinajstić information content (AvgIpc) is 2.50. The van der Waals surface area contributed by atoms with Crippen LogP contribution in [0.3, 0.4) is 0 Å². The Labute approximate surface area is 132 Å². The van der Waals surface area contributed by atoms with Crippen LogP contribution in [0.15, 0.2) is 12.1 Å². The number of carbonyl (C=O) groups excluding carboxylic acids is 2. The second-order valence-electron chi connectivity index (χ2n) is 5.33. The van der Waals surface area contributed by atoms with Crippen molar-refractivity contribution < 1.29 is 18.4 Å². The topological polar surface area (TPSA) is 49.4 Å².